The average Bonchev–Trinajstić information content (AvgIpc) is 1.98. The Balaban J connectivity index is 2.44. The van der Waals surface area contributed by atoms with Crippen molar-refractivity contribution < 1.29 is 0 Å². The highest BCUT2D eigenvalue weighted by Gasteiger charge is 2.37. The predicted molar refractivity (Wildman–Crippen MR) is 67.8 cm³/mol. The molecule has 1 heteroatoms. The quantitative estimate of drug-likeness (QED) is 0.693. The van der Waals surface area contributed by atoms with Gasteiger partial charge in [-0.1, -0.05) is 19.8 Å². The van der Waals surface area contributed by atoms with Crippen LogP contribution in [0.5, 0.6) is 0 Å². The Bertz CT molecular complexity index is 178. The molecule has 0 saturated carbocycles. The average molecular weight is 210 g/mol. The van der Waals surface area contributed by atoms with Crippen LogP contribution in [0.3, 0.4) is 0 Å². The van der Waals surface area contributed by atoms with E-state index in [2.05, 4.69) is 46.4 Å². The van der Waals surface area contributed by atoms with E-state index in [1.165, 1.54) is 32.1 Å². The molecule has 0 spiro atoms. The second-order valence-corrected chi connectivity index (χ2v) is 6.44. The molecule has 0 amide bonds. The summed E-state index contributed by atoms with van der Waals surface area (Å²) in [5, 5.41) is 3.73. The molecule has 1 radical (unpaired) electrons. The van der Waals surface area contributed by atoms with Gasteiger partial charge in [0.15, 0.2) is 0 Å². The monoisotopic (exact) mass is 210 g/mol. The van der Waals surface area contributed by atoms with E-state index in [0.29, 0.717) is 11.1 Å². The highest BCUT2D eigenvalue weighted by molar-refractivity contribution is 5.00. The molecule has 89 valence electrons. The summed E-state index contributed by atoms with van der Waals surface area (Å²) in [6, 6.07) is 0. The zero-order chi connectivity index (χ0) is 11.5. The standard InChI is InChI=1S/C14H28N/c1-6-7-8-9-12-10-13(2,3)15-14(4,5)11-12/h9,12,15H,6-8,10-11H2,1-5H3. The molecule has 0 aliphatic carbocycles. The first kappa shape index (κ1) is 13.0. The Morgan fingerprint density at radius 2 is 1.67 bits per heavy atom. The van der Waals surface area contributed by atoms with Crippen LogP contribution in [0.15, 0.2) is 0 Å². The third-order valence-corrected chi connectivity index (χ3v) is 3.28. The molecule has 1 fully saturated rings. The molecule has 1 N–H and O–H groups in total. The molecule has 0 aromatic heterocycles. The lowest BCUT2D eigenvalue weighted by atomic mass is 9.74. The van der Waals surface area contributed by atoms with Gasteiger partial charge in [-0.2, -0.15) is 0 Å². The molecule has 1 aliphatic heterocycles. The lowest BCUT2D eigenvalue weighted by Crippen LogP contribution is -2.57. The third kappa shape index (κ3) is 4.55. The van der Waals surface area contributed by atoms with Crippen LogP contribution in [0.4, 0.5) is 0 Å². The number of nitrogens with one attached hydrogen (secondary N) is 1. The van der Waals surface area contributed by atoms with Gasteiger partial charge in [0.25, 0.3) is 0 Å². The van der Waals surface area contributed by atoms with Gasteiger partial charge in [-0.05, 0) is 59.3 Å². The predicted octanol–water partition coefficient (Wildman–Crippen LogP) is 3.94. The van der Waals surface area contributed by atoms with Crippen molar-refractivity contribution in [1.29, 1.82) is 0 Å². The van der Waals surface area contributed by atoms with Gasteiger partial charge in [-0.3, -0.25) is 0 Å². The van der Waals surface area contributed by atoms with Gasteiger partial charge in [0, 0.05) is 11.1 Å². The summed E-state index contributed by atoms with van der Waals surface area (Å²) in [4.78, 5) is 0. The Kier molecular flexibility index (Phi) is 4.22. The molecule has 0 unspecified atom stereocenters. The number of hydrogen-bond acceptors (Lipinski definition) is 1. The van der Waals surface area contributed by atoms with Crippen molar-refractivity contribution in [1.82, 2.24) is 5.32 Å². The van der Waals surface area contributed by atoms with Crippen LogP contribution < -0.4 is 5.32 Å². The second kappa shape index (κ2) is 4.86. The number of rotatable bonds is 4. The highest BCUT2D eigenvalue weighted by atomic mass is 15.0. The minimum atomic E-state index is 0.301. The van der Waals surface area contributed by atoms with E-state index in [-0.39, 0.29) is 0 Å². The Hall–Kier alpha value is -0.0400. The van der Waals surface area contributed by atoms with Gasteiger partial charge in [0.2, 0.25) is 0 Å². The van der Waals surface area contributed by atoms with Crippen molar-refractivity contribution in [2.45, 2.75) is 77.8 Å². The zero-order valence-electron chi connectivity index (χ0n) is 11.2. The number of piperidine rings is 1. The van der Waals surface area contributed by atoms with E-state index in [1.54, 1.807) is 0 Å². The minimum absolute atomic E-state index is 0.301. The van der Waals surface area contributed by atoms with Crippen molar-refractivity contribution in [3.8, 4) is 0 Å². The van der Waals surface area contributed by atoms with E-state index in [1.807, 2.05) is 0 Å². The van der Waals surface area contributed by atoms with Gasteiger partial charge in [0.05, 0.1) is 0 Å². The maximum Gasteiger partial charge on any atom is 0.0132 e. The van der Waals surface area contributed by atoms with Crippen LogP contribution in [0, 0.1) is 12.3 Å². The fourth-order valence-electron chi connectivity index (χ4n) is 3.13. The molecule has 0 atom stereocenters. The maximum atomic E-state index is 3.73. The van der Waals surface area contributed by atoms with Gasteiger partial charge in [-0.15, -0.1) is 0 Å². The summed E-state index contributed by atoms with van der Waals surface area (Å²) in [7, 11) is 0. The van der Waals surface area contributed by atoms with Gasteiger partial charge >= 0.3 is 0 Å². The Labute approximate surface area is 96.0 Å². The van der Waals surface area contributed by atoms with E-state index in [9.17, 15) is 0 Å². The van der Waals surface area contributed by atoms with Crippen LogP contribution in [0.1, 0.15) is 66.7 Å². The van der Waals surface area contributed by atoms with Crippen LogP contribution in [0.25, 0.3) is 0 Å². The summed E-state index contributed by atoms with van der Waals surface area (Å²) in [6.07, 6.45) is 9.11. The lowest BCUT2D eigenvalue weighted by Gasteiger charge is -2.46. The fourth-order valence-corrected chi connectivity index (χ4v) is 3.13. The van der Waals surface area contributed by atoms with Crippen molar-refractivity contribution in [2.75, 3.05) is 0 Å². The van der Waals surface area contributed by atoms with E-state index in [0.717, 1.165) is 5.92 Å². The summed E-state index contributed by atoms with van der Waals surface area (Å²) in [6.45, 7) is 11.6. The molecule has 1 rings (SSSR count). The number of hydrogen-bond donors (Lipinski definition) is 1. The third-order valence-electron chi connectivity index (χ3n) is 3.28. The minimum Gasteiger partial charge on any atom is -0.307 e. The summed E-state index contributed by atoms with van der Waals surface area (Å²) < 4.78 is 0. The molecule has 1 saturated heterocycles. The first-order valence-corrected chi connectivity index (χ1v) is 6.47. The molecular weight excluding hydrogens is 182 g/mol. The molecule has 0 aromatic carbocycles. The van der Waals surface area contributed by atoms with Crippen LogP contribution in [-0.2, 0) is 0 Å². The Morgan fingerprint density at radius 1 is 1.13 bits per heavy atom. The smallest absolute Gasteiger partial charge is 0.0132 e. The Morgan fingerprint density at radius 3 is 2.13 bits per heavy atom. The van der Waals surface area contributed by atoms with Crippen LogP contribution in [0.2, 0.25) is 0 Å². The summed E-state index contributed by atoms with van der Waals surface area (Å²) in [5.74, 6) is 0.808. The molecule has 15 heavy (non-hydrogen) atoms. The summed E-state index contributed by atoms with van der Waals surface area (Å²) in [5.41, 5.74) is 0.601. The SMILES string of the molecule is CCCC[CH]C1CC(C)(C)NC(C)(C)C1. The van der Waals surface area contributed by atoms with Crippen LogP contribution in [-0.4, -0.2) is 11.1 Å². The fraction of sp³-hybridized carbons (Fsp3) is 0.929. The topological polar surface area (TPSA) is 12.0 Å². The molecule has 1 aliphatic rings. The van der Waals surface area contributed by atoms with Crippen molar-refractivity contribution >= 4 is 0 Å². The van der Waals surface area contributed by atoms with Crippen molar-refractivity contribution in [3.63, 3.8) is 0 Å². The zero-order valence-corrected chi connectivity index (χ0v) is 11.2. The first-order valence-electron chi connectivity index (χ1n) is 6.47. The first-order chi connectivity index (χ1) is 6.85. The lowest BCUT2D eigenvalue weighted by molar-refractivity contribution is 0.141. The normalized spacial score (nSPS) is 25.4. The largest absolute Gasteiger partial charge is 0.307 e. The van der Waals surface area contributed by atoms with Crippen molar-refractivity contribution in [3.05, 3.63) is 6.42 Å². The van der Waals surface area contributed by atoms with Gasteiger partial charge in [-0.25, -0.2) is 0 Å². The second-order valence-electron chi connectivity index (χ2n) is 6.44. The highest BCUT2D eigenvalue weighted by Crippen LogP contribution is 2.34. The van der Waals surface area contributed by atoms with Crippen molar-refractivity contribution in [2.24, 2.45) is 5.92 Å². The molecule has 0 bridgehead atoms. The number of unbranched alkanes of at least 4 members (excludes halogenated alkanes) is 2. The van der Waals surface area contributed by atoms with E-state index in [4.69, 9.17) is 0 Å². The molecule has 0 aromatic rings. The maximum absolute atomic E-state index is 3.73. The van der Waals surface area contributed by atoms with E-state index < -0.39 is 0 Å². The summed E-state index contributed by atoms with van der Waals surface area (Å²) >= 11 is 0. The van der Waals surface area contributed by atoms with E-state index >= 15 is 0 Å². The molecule has 1 heterocycles. The van der Waals surface area contributed by atoms with Gasteiger partial charge in [0.1, 0.15) is 0 Å². The van der Waals surface area contributed by atoms with Gasteiger partial charge < -0.3 is 5.32 Å². The molecular formula is C14H28N. The van der Waals surface area contributed by atoms with Crippen LogP contribution >= 0.6 is 0 Å². The molecule has 1 nitrogen and oxygen atoms in total.